The summed E-state index contributed by atoms with van der Waals surface area (Å²) >= 11 is 0. The molecular weight excluding hydrogens is 137 g/mol. The van der Waals surface area contributed by atoms with Gasteiger partial charge in [0.15, 0.2) is 0 Å². The van der Waals surface area contributed by atoms with Gasteiger partial charge in [-0.1, -0.05) is 13.3 Å². The molecule has 2 N–H and O–H groups in total. The SMILES string of the molecule is CCCCC(N)OP=O. The molecule has 0 aromatic heterocycles. The van der Waals surface area contributed by atoms with E-state index in [1.165, 1.54) is 0 Å². The van der Waals surface area contributed by atoms with Gasteiger partial charge in [0.25, 0.3) is 0 Å². The molecule has 0 spiro atoms. The fourth-order valence-corrected chi connectivity index (χ4v) is 0.729. The van der Waals surface area contributed by atoms with Crippen LogP contribution >= 0.6 is 8.69 Å². The van der Waals surface area contributed by atoms with Crippen LogP contribution in [0.15, 0.2) is 0 Å². The maximum atomic E-state index is 9.77. The molecule has 0 rings (SSSR count). The second-order valence-corrected chi connectivity index (χ2v) is 2.22. The topological polar surface area (TPSA) is 52.3 Å². The van der Waals surface area contributed by atoms with Gasteiger partial charge >= 0.3 is 8.69 Å². The lowest BCUT2D eigenvalue weighted by Crippen LogP contribution is -2.19. The van der Waals surface area contributed by atoms with Crippen LogP contribution in [0.25, 0.3) is 0 Å². The van der Waals surface area contributed by atoms with Gasteiger partial charge in [0.2, 0.25) is 0 Å². The van der Waals surface area contributed by atoms with Crippen molar-refractivity contribution in [3.8, 4) is 0 Å². The molecule has 4 heteroatoms. The van der Waals surface area contributed by atoms with E-state index in [0.29, 0.717) is 0 Å². The van der Waals surface area contributed by atoms with Crippen molar-refractivity contribution in [2.75, 3.05) is 0 Å². The highest BCUT2D eigenvalue weighted by molar-refractivity contribution is 7.17. The first-order valence-corrected chi connectivity index (χ1v) is 3.78. The Bertz CT molecular complexity index is 79.4. The Morgan fingerprint density at radius 2 is 2.44 bits per heavy atom. The molecule has 3 nitrogen and oxygen atoms in total. The van der Waals surface area contributed by atoms with Crippen molar-refractivity contribution in [1.82, 2.24) is 0 Å². The second-order valence-electron chi connectivity index (χ2n) is 1.86. The highest BCUT2D eigenvalue weighted by Gasteiger charge is 1.99. The van der Waals surface area contributed by atoms with E-state index in [0.717, 1.165) is 19.3 Å². The third-order valence-corrected chi connectivity index (χ3v) is 1.38. The van der Waals surface area contributed by atoms with Crippen molar-refractivity contribution in [2.45, 2.75) is 32.4 Å². The van der Waals surface area contributed by atoms with Gasteiger partial charge in [0, 0.05) is 0 Å². The zero-order valence-corrected chi connectivity index (χ0v) is 6.43. The predicted molar refractivity (Wildman–Crippen MR) is 36.2 cm³/mol. The number of nitrogens with two attached hydrogens (primary N) is 1. The van der Waals surface area contributed by atoms with Crippen LogP contribution < -0.4 is 5.73 Å². The zero-order valence-electron chi connectivity index (χ0n) is 5.54. The molecule has 0 saturated heterocycles. The summed E-state index contributed by atoms with van der Waals surface area (Å²) in [6, 6.07) is 0. The van der Waals surface area contributed by atoms with E-state index in [4.69, 9.17) is 5.73 Å². The van der Waals surface area contributed by atoms with E-state index in [1.807, 2.05) is 0 Å². The summed E-state index contributed by atoms with van der Waals surface area (Å²) in [5.74, 6) is 0. The average molecular weight is 149 g/mol. The Morgan fingerprint density at radius 3 is 2.89 bits per heavy atom. The minimum absolute atomic E-state index is 0.320. The molecule has 54 valence electrons. The fourth-order valence-electron chi connectivity index (χ4n) is 0.513. The Balaban J connectivity index is 3.04. The maximum absolute atomic E-state index is 9.77. The van der Waals surface area contributed by atoms with E-state index in [-0.39, 0.29) is 14.9 Å². The molecule has 0 radical (unpaired) electrons. The predicted octanol–water partition coefficient (Wildman–Crippen LogP) is 1.68. The number of unbranched alkanes of at least 4 members (excludes halogenated alkanes) is 1. The van der Waals surface area contributed by atoms with Crippen LogP contribution in [0.5, 0.6) is 0 Å². The van der Waals surface area contributed by atoms with Crippen LogP contribution in [0.2, 0.25) is 0 Å². The van der Waals surface area contributed by atoms with E-state index in [2.05, 4.69) is 11.4 Å². The Morgan fingerprint density at radius 1 is 1.78 bits per heavy atom. The molecule has 1 atom stereocenters. The fraction of sp³-hybridized carbons (Fsp3) is 1.00. The molecule has 0 aliphatic carbocycles. The van der Waals surface area contributed by atoms with Crippen LogP contribution in [-0.2, 0) is 9.09 Å². The van der Waals surface area contributed by atoms with E-state index < -0.39 is 0 Å². The zero-order chi connectivity index (χ0) is 7.11. The van der Waals surface area contributed by atoms with Crippen LogP contribution in [0.4, 0.5) is 0 Å². The van der Waals surface area contributed by atoms with Crippen LogP contribution in [0.1, 0.15) is 26.2 Å². The van der Waals surface area contributed by atoms with E-state index in [9.17, 15) is 4.57 Å². The van der Waals surface area contributed by atoms with Gasteiger partial charge in [0.05, 0.1) is 0 Å². The molecule has 0 aliphatic rings. The standard InChI is InChI=1S/C5H12NO2P/c1-2-3-4-5(6)8-9-7/h5H,2-4,6H2,1H3. The first kappa shape index (κ1) is 9.02. The minimum Gasteiger partial charge on any atom is -0.305 e. The van der Waals surface area contributed by atoms with E-state index in [1.54, 1.807) is 0 Å². The lowest BCUT2D eigenvalue weighted by Gasteiger charge is -2.03. The smallest absolute Gasteiger partial charge is 0.305 e. The maximum Gasteiger partial charge on any atom is 0.328 e. The van der Waals surface area contributed by atoms with Gasteiger partial charge in [-0.2, -0.15) is 0 Å². The van der Waals surface area contributed by atoms with E-state index >= 15 is 0 Å². The molecule has 9 heavy (non-hydrogen) atoms. The Hall–Kier alpha value is 0.0200. The largest absolute Gasteiger partial charge is 0.328 e. The summed E-state index contributed by atoms with van der Waals surface area (Å²) in [4.78, 5) is 0. The third-order valence-electron chi connectivity index (χ3n) is 1.02. The van der Waals surface area contributed by atoms with Crippen molar-refractivity contribution >= 4 is 8.69 Å². The van der Waals surface area contributed by atoms with Crippen LogP contribution in [0.3, 0.4) is 0 Å². The lowest BCUT2D eigenvalue weighted by molar-refractivity contribution is 0.216. The molecule has 0 heterocycles. The summed E-state index contributed by atoms with van der Waals surface area (Å²) in [6.07, 6.45) is 2.54. The van der Waals surface area contributed by atoms with Gasteiger partial charge in [-0.05, 0) is 12.8 Å². The van der Waals surface area contributed by atoms with Crippen molar-refractivity contribution in [3.63, 3.8) is 0 Å². The van der Waals surface area contributed by atoms with Gasteiger partial charge < -0.3 is 5.73 Å². The van der Waals surface area contributed by atoms with Crippen molar-refractivity contribution < 1.29 is 9.09 Å². The quantitative estimate of drug-likeness (QED) is 0.478. The molecule has 0 bridgehead atoms. The molecule has 0 aliphatic heterocycles. The highest BCUT2D eigenvalue weighted by atomic mass is 31.1. The second kappa shape index (κ2) is 6.14. The molecule has 0 aromatic carbocycles. The normalized spacial score (nSPS) is 14.0. The number of hydrogen-bond acceptors (Lipinski definition) is 3. The molecule has 0 fully saturated rings. The van der Waals surface area contributed by atoms with Gasteiger partial charge in [0.1, 0.15) is 6.23 Å². The summed E-state index contributed by atoms with van der Waals surface area (Å²) < 4.78 is 14.3. The van der Waals surface area contributed by atoms with Crippen molar-refractivity contribution in [2.24, 2.45) is 5.73 Å². The summed E-state index contributed by atoms with van der Waals surface area (Å²) in [7, 11) is -0.320. The summed E-state index contributed by atoms with van der Waals surface area (Å²) in [5.41, 5.74) is 5.34. The average Bonchev–Trinajstić information content (AvgIpc) is 1.85. The van der Waals surface area contributed by atoms with Gasteiger partial charge in [-0.3, -0.25) is 4.52 Å². The van der Waals surface area contributed by atoms with Gasteiger partial charge in [-0.25, -0.2) is 4.57 Å². The molecular formula is C5H12NO2P. The number of hydrogen-bond donors (Lipinski definition) is 1. The first-order chi connectivity index (χ1) is 4.31. The summed E-state index contributed by atoms with van der Waals surface area (Å²) in [6.45, 7) is 2.07. The van der Waals surface area contributed by atoms with Gasteiger partial charge in [-0.15, -0.1) is 0 Å². The molecule has 1 unspecified atom stereocenters. The van der Waals surface area contributed by atoms with Crippen molar-refractivity contribution in [3.05, 3.63) is 0 Å². The highest BCUT2D eigenvalue weighted by Crippen LogP contribution is 2.04. The molecule has 0 amide bonds. The monoisotopic (exact) mass is 149 g/mol. The number of rotatable bonds is 5. The molecule has 0 aromatic rings. The van der Waals surface area contributed by atoms with Crippen molar-refractivity contribution in [1.29, 1.82) is 0 Å². The molecule has 0 saturated carbocycles. The van der Waals surface area contributed by atoms with Crippen LogP contribution in [0, 0.1) is 0 Å². The van der Waals surface area contributed by atoms with Crippen LogP contribution in [-0.4, -0.2) is 6.23 Å². The minimum atomic E-state index is -0.357. The lowest BCUT2D eigenvalue weighted by atomic mass is 10.2. The first-order valence-electron chi connectivity index (χ1n) is 3.05. The third kappa shape index (κ3) is 5.90. The Labute approximate surface area is 56.9 Å². The Kier molecular flexibility index (Phi) is 6.16. The summed E-state index contributed by atoms with van der Waals surface area (Å²) in [5, 5.41) is 0.